The third kappa shape index (κ3) is 6.82. The molecule has 3 nitrogen and oxygen atoms in total. The van der Waals surface area contributed by atoms with E-state index in [2.05, 4.69) is 61.5 Å². The fourth-order valence-electron chi connectivity index (χ4n) is 3.70. The van der Waals surface area contributed by atoms with E-state index in [0.29, 0.717) is 13.2 Å². The van der Waals surface area contributed by atoms with Crippen molar-refractivity contribution < 1.29 is 14.1 Å². The van der Waals surface area contributed by atoms with E-state index >= 15 is 0 Å². The highest BCUT2D eigenvalue weighted by Crippen LogP contribution is 2.22. The molecule has 0 aromatic heterocycles. The van der Waals surface area contributed by atoms with Crippen LogP contribution in [0.2, 0.25) is 0 Å². The second kappa shape index (κ2) is 12.1. The molecule has 0 fully saturated rings. The van der Waals surface area contributed by atoms with Crippen molar-refractivity contribution >= 4 is 17.8 Å². The molecule has 33 heavy (non-hydrogen) atoms. The van der Waals surface area contributed by atoms with Crippen molar-refractivity contribution in [1.82, 2.24) is 0 Å². The lowest BCUT2D eigenvalue weighted by Gasteiger charge is -2.16. The van der Waals surface area contributed by atoms with Gasteiger partial charge in [-0.1, -0.05) is 91.9 Å². The van der Waals surface area contributed by atoms with Gasteiger partial charge in [0.1, 0.15) is 11.5 Å². The summed E-state index contributed by atoms with van der Waals surface area (Å²) < 4.78 is 18.2. The molecule has 4 aromatic rings. The molecule has 0 heterocycles. The molecular formula is C29H29BO3. The SMILES string of the molecule is CCCOB(c1ccccc1)c1cccc(COCc2cccc(Oc3ccccc3)c2)c1. The van der Waals surface area contributed by atoms with E-state index < -0.39 is 0 Å². The second-order valence-corrected chi connectivity index (χ2v) is 7.96. The molecule has 0 unspecified atom stereocenters. The van der Waals surface area contributed by atoms with Crippen LogP contribution in [0.3, 0.4) is 0 Å². The number of benzene rings is 4. The fraction of sp³-hybridized carbons (Fsp3) is 0.172. The lowest BCUT2D eigenvalue weighted by molar-refractivity contribution is 0.107. The van der Waals surface area contributed by atoms with E-state index in [0.717, 1.165) is 41.1 Å². The van der Waals surface area contributed by atoms with Crippen molar-refractivity contribution in [3.63, 3.8) is 0 Å². The first-order valence-electron chi connectivity index (χ1n) is 11.5. The van der Waals surface area contributed by atoms with Gasteiger partial charge >= 0.3 is 6.92 Å². The van der Waals surface area contributed by atoms with Gasteiger partial charge in [0, 0.05) is 6.61 Å². The van der Waals surface area contributed by atoms with E-state index in [1.54, 1.807) is 0 Å². The van der Waals surface area contributed by atoms with Gasteiger partial charge in [-0.05, 0) is 52.7 Å². The van der Waals surface area contributed by atoms with Crippen molar-refractivity contribution in [1.29, 1.82) is 0 Å². The van der Waals surface area contributed by atoms with E-state index in [1.807, 2.05) is 54.6 Å². The smallest absolute Gasteiger partial charge is 0.361 e. The Hall–Kier alpha value is -3.34. The molecule has 0 saturated carbocycles. The molecule has 0 saturated heterocycles. The largest absolute Gasteiger partial charge is 0.457 e. The van der Waals surface area contributed by atoms with Crippen LogP contribution in [-0.4, -0.2) is 13.5 Å². The lowest BCUT2D eigenvalue weighted by Crippen LogP contribution is -2.45. The number of rotatable bonds is 11. The van der Waals surface area contributed by atoms with Gasteiger partial charge in [0.05, 0.1) is 13.2 Å². The van der Waals surface area contributed by atoms with Crippen molar-refractivity contribution in [3.05, 3.63) is 120 Å². The number of para-hydroxylation sites is 1. The average Bonchev–Trinajstić information content (AvgIpc) is 2.86. The van der Waals surface area contributed by atoms with Crippen LogP contribution in [0.1, 0.15) is 24.5 Å². The van der Waals surface area contributed by atoms with E-state index in [1.165, 1.54) is 5.46 Å². The molecule has 4 heteroatoms. The molecule has 0 bridgehead atoms. The molecule has 4 rings (SSSR count). The van der Waals surface area contributed by atoms with Gasteiger partial charge in [-0.25, -0.2) is 0 Å². The summed E-state index contributed by atoms with van der Waals surface area (Å²) in [5, 5.41) is 0. The normalized spacial score (nSPS) is 10.7. The molecule has 166 valence electrons. The van der Waals surface area contributed by atoms with E-state index in [-0.39, 0.29) is 6.92 Å². The first-order chi connectivity index (χ1) is 16.3. The summed E-state index contributed by atoms with van der Waals surface area (Å²) in [5.74, 6) is 1.63. The standard InChI is InChI=1S/C29H29BO3/c1-2-19-32-30(26-13-5-3-6-14-26)27-15-9-11-24(20-27)22-31-23-25-12-10-18-29(21-25)33-28-16-7-4-8-17-28/h3-18,20-21H,2,19,22-23H2,1H3. The lowest BCUT2D eigenvalue weighted by atomic mass is 9.55. The van der Waals surface area contributed by atoms with Crippen LogP contribution in [0, 0.1) is 0 Å². The van der Waals surface area contributed by atoms with Crippen LogP contribution in [-0.2, 0) is 22.6 Å². The summed E-state index contributed by atoms with van der Waals surface area (Å²) >= 11 is 0. The first-order valence-corrected chi connectivity index (χ1v) is 11.5. The maximum absolute atomic E-state index is 6.20. The molecule has 0 amide bonds. The zero-order valence-corrected chi connectivity index (χ0v) is 19.0. The van der Waals surface area contributed by atoms with Gasteiger partial charge in [0.25, 0.3) is 0 Å². The van der Waals surface area contributed by atoms with Crippen molar-refractivity contribution in [2.24, 2.45) is 0 Å². The highest BCUT2D eigenvalue weighted by Gasteiger charge is 2.21. The minimum Gasteiger partial charge on any atom is -0.457 e. The van der Waals surface area contributed by atoms with Crippen LogP contribution in [0.25, 0.3) is 0 Å². The van der Waals surface area contributed by atoms with E-state index in [9.17, 15) is 0 Å². The minimum atomic E-state index is -0.0714. The topological polar surface area (TPSA) is 27.7 Å². The molecule has 0 aliphatic rings. The molecule has 4 aromatic carbocycles. The van der Waals surface area contributed by atoms with Crippen molar-refractivity contribution in [2.45, 2.75) is 26.6 Å². The zero-order chi connectivity index (χ0) is 22.7. The average molecular weight is 436 g/mol. The van der Waals surface area contributed by atoms with Crippen LogP contribution < -0.4 is 15.7 Å². The molecule has 0 radical (unpaired) electrons. The fourth-order valence-corrected chi connectivity index (χ4v) is 3.70. The summed E-state index contributed by atoms with van der Waals surface area (Å²) in [7, 11) is 0. The number of hydrogen-bond acceptors (Lipinski definition) is 3. The number of hydrogen-bond donors (Lipinski definition) is 0. The summed E-state index contributed by atoms with van der Waals surface area (Å²) in [4.78, 5) is 0. The molecule has 0 aliphatic carbocycles. The maximum atomic E-state index is 6.20. The van der Waals surface area contributed by atoms with Gasteiger partial charge in [0.2, 0.25) is 0 Å². The van der Waals surface area contributed by atoms with Gasteiger partial charge in [0.15, 0.2) is 0 Å². The quantitative estimate of drug-likeness (QED) is 0.281. The van der Waals surface area contributed by atoms with Crippen LogP contribution in [0.15, 0.2) is 109 Å². The summed E-state index contributed by atoms with van der Waals surface area (Å²) in [6, 6.07) is 36.7. The maximum Gasteiger partial charge on any atom is 0.361 e. The van der Waals surface area contributed by atoms with Gasteiger partial charge in [-0.15, -0.1) is 0 Å². The van der Waals surface area contributed by atoms with Crippen LogP contribution in [0.4, 0.5) is 0 Å². The first kappa shape index (κ1) is 22.8. The predicted molar refractivity (Wildman–Crippen MR) is 136 cm³/mol. The van der Waals surface area contributed by atoms with Crippen LogP contribution >= 0.6 is 0 Å². The Bertz CT molecular complexity index is 1120. The Balaban J connectivity index is 1.38. The highest BCUT2D eigenvalue weighted by molar-refractivity contribution is 6.80. The van der Waals surface area contributed by atoms with Gasteiger partial charge in [-0.2, -0.15) is 0 Å². The predicted octanol–water partition coefficient (Wildman–Crippen LogP) is 5.73. The van der Waals surface area contributed by atoms with Crippen LogP contribution in [0.5, 0.6) is 11.5 Å². The molecule has 0 atom stereocenters. The third-order valence-corrected chi connectivity index (χ3v) is 5.26. The monoisotopic (exact) mass is 436 g/mol. The minimum absolute atomic E-state index is 0.0714. The van der Waals surface area contributed by atoms with Crippen molar-refractivity contribution in [2.75, 3.05) is 6.61 Å². The molecular weight excluding hydrogens is 407 g/mol. The van der Waals surface area contributed by atoms with Gasteiger partial charge < -0.3 is 14.1 Å². The second-order valence-electron chi connectivity index (χ2n) is 7.96. The molecule has 0 N–H and O–H groups in total. The van der Waals surface area contributed by atoms with Crippen molar-refractivity contribution in [3.8, 4) is 11.5 Å². The summed E-state index contributed by atoms with van der Waals surface area (Å²) in [6.07, 6.45) is 0.985. The summed E-state index contributed by atoms with van der Waals surface area (Å²) in [5.41, 5.74) is 4.52. The number of ether oxygens (including phenoxy) is 2. The zero-order valence-electron chi connectivity index (χ0n) is 19.0. The Morgan fingerprint density at radius 1 is 0.606 bits per heavy atom. The Morgan fingerprint density at radius 3 is 1.94 bits per heavy atom. The van der Waals surface area contributed by atoms with E-state index in [4.69, 9.17) is 14.1 Å². The van der Waals surface area contributed by atoms with Gasteiger partial charge in [-0.3, -0.25) is 0 Å². The third-order valence-electron chi connectivity index (χ3n) is 5.26. The Labute approximate surface area is 197 Å². The summed E-state index contributed by atoms with van der Waals surface area (Å²) in [6.45, 7) is 3.84. The molecule has 0 spiro atoms. The Kier molecular flexibility index (Phi) is 8.34. The Morgan fingerprint density at radius 2 is 1.21 bits per heavy atom. The highest BCUT2D eigenvalue weighted by atomic mass is 16.5. The molecule has 0 aliphatic heterocycles.